The van der Waals surface area contributed by atoms with Crippen molar-refractivity contribution in [2.24, 2.45) is 5.41 Å². The van der Waals surface area contributed by atoms with Crippen LogP contribution in [-0.2, 0) is 6.42 Å². The van der Waals surface area contributed by atoms with Gasteiger partial charge in [0, 0.05) is 10.5 Å². The fourth-order valence-corrected chi connectivity index (χ4v) is 2.88. The summed E-state index contributed by atoms with van der Waals surface area (Å²) >= 11 is 3.55. The first-order chi connectivity index (χ1) is 9.35. The van der Waals surface area contributed by atoms with Crippen molar-refractivity contribution in [2.45, 2.75) is 53.0 Å². The van der Waals surface area contributed by atoms with Crippen LogP contribution >= 0.6 is 15.9 Å². The Hall–Kier alpha value is -0.540. The van der Waals surface area contributed by atoms with Crippen LogP contribution in [0.3, 0.4) is 0 Å². The highest BCUT2D eigenvalue weighted by Gasteiger charge is 2.20. The molecule has 1 atom stereocenters. The zero-order chi connectivity index (χ0) is 15.2. The van der Waals surface area contributed by atoms with Gasteiger partial charge in [0.1, 0.15) is 5.75 Å². The number of nitrogens with one attached hydrogen (secondary N) is 1. The average molecular weight is 342 g/mol. The molecule has 2 nitrogen and oxygen atoms in total. The van der Waals surface area contributed by atoms with Gasteiger partial charge in [0.15, 0.2) is 0 Å². The first-order valence-electron chi connectivity index (χ1n) is 7.41. The zero-order valence-corrected chi connectivity index (χ0v) is 15.0. The van der Waals surface area contributed by atoms with Gasteiger partial charge in [-0.1, -0.05) is 43.6 Å². The molecule has 0 aliphatic carbocycles. The molecule has 0 saturated carbocycles. The SMILES string of the molecule is CCCNC(Cc1cc(Br)ccc1OC)CC(C)(C)C. The number of ether oxygens (including phenoxy) is 1. The largest absolute Gasteiger partial charge is 0.496 e. The summed E-state index contributed by atoms with van der Waals surface area (Å²) in [5, 5.41) is 3.67. The molecule has 1 N–H and O–H groups in total. The van der Waals surface area contributed by atoms with Crippen molar-refractivity contribution in [3.63, 3.8) is 0 Å². The fourth-order valence-electron chi connectivity index (χ4n) is 2.48. The minimum absolute atomic E-state index is 0.324. The van der Waals surface area contributed by atoms with Gasteiger partial charge in [-0.2, -0.15) is 0 Å². The molecule has 1 unspecified atom stereocenters. The maximum atomic E-state index is 5.49. The summed E-state index contributed by atoms with van der Waals surface area (Å²) in [7, 11) is 1.74. The lowest BCUT2D eigenvalue weighted by Gasteiger charge is -2.27. The fraction of sp³-hybridized carbons (Fsp3) is 0.647. The highest BCUT2D eigenvalue weighted by molar-refractivity contribution is 9.10. The maximum Gasteiger partial charge on any atom is 0.122 e. The molecule has 0 radical (unpaired) electrons. The van der Waals surface area contributed by atoms with E-state index >= 15 is 0 Å². The van der Waals surface area contributed by atoms with E-state index in [9.17, 15) is 0 Å². The van der Waals surface area contributed by atoms with Crippen LogP contribution in [0, 0.1) is 5.41 Å². The zero-order valence-electron chi connectivity index (χ0n) is 13.4. The van der Waals surface area contributed by atoms with Crippen molar-refractivity contribution in [3.8, 4) is 5.75 Å². The second-order valence-electron chi connectivity index (χ2n) is 6.58. The quantitative estimate of drug-likeness (QED) is 0.768. The van der Waals surface area contributed by atoms with E-state index in [4.69, 9.17) is 4.74 Å². The molecule has 0 aromatic heterocycles. The Morgan fingerprint density at radius 2 is 2.00 bits per heavy atom. The monoisotopic (exact) mass is 341 g/mol. The minimum atomic E-state index is 0.324. The summed E-state index contributed by atoms with van der Waals surface area (Å²) in [5.41, 5.74) is 1.59. The van der Waals surface area contributed by atoms with Gasteiger partial charge in [-0.25, -0.2) is 0 Å². The molecule has 20 heavy (non-hydrogen) atoms. The van der Waals surface area contributed by atoms with Crippen molar-refractivity contribution in [1.82, 2.24) is 5.32 Å². The van der Waals surface area contributed by atoms with E-state index < -0.39 is 0 Å². The Morgan fingerprint density at radius 3 is 2.55 bits per heavy atom. The lowest BCUT2D eigenvalue weighted by Crippen LogP contribution is -2.35. The molecule has 0 saturated heterocycles. The second-order valence-corrected chi connectivity index (χ2v) is 7.49. The summed E-state index contributed by atoms with van der Waals surface area (Å²) < 4.78 is 6.60. The normalized spacial score (nSPS) is 13.3. The summed E-state index contributed by atoms with van der Waals surface area (Å²) in [6, 6.07) is 6.72. The van der Waals surface area contributed by atoms with Crippen LogP contribution in [0.2, 0.25) is 0 Å². The summed E-state index contributed by atoms with van der Waals surface area (Å²) in [6.45, 7) is 10.2. The van der Waals surface area contributed by atoms with Crippen LogP contribution in [0.15, 0.2) is 22.7 Å². The van der Waals surface area contributed by atoms with E-state index in [-0.39, 0.29) is 0 Å². The van der Waals surface area contributed by atoms with Gasteiger partial charge in [0.25, 0.3) is 0 Å². The standard InChI is InChI=1S/C17H28BrNO/c1-6-9-19-15(12-17(2,3)4)11-13-10-14(18)7-8-16(13)20-5/h7-8,10,15,19H,6,9,11-12H2,1-5H3. The summed E-state index contributed by atoms with van der Waals surface area (Å²) in [4.78, 5) is 0. The molecule has 0 aliphatic rings. The van der Waals surface area contributed by atoms with Crippen LogP contribution in [0.4, 0.5) is 0 Å². The molecule has 1 aromatic carbocycles. The lowest BCUT2D eigenvalue weighted by molar-refractivity contribution is 0.304. The Bertz CT molecular complexity index is 412. The summed E-state index contributed by atoms with van der Waals surface area (Å²) in [6.07, 6.45) is 3.32. The molecule has 0 fully saturated rings. The van der Waals surface area contributed by atoms with E-state index in [1.165, 1.54) is 5.56 Å². The van der Waals surface area contributed by atoms with Crippen molar-refractivity contribution in [3.05, 3.63) is 28.2 Å². The molecule has 0 amide bonds. The van der Waals surface area contributed by atoms with Crippen LogP contribution in [0.25, 0.3) is 0 Å². The third kappa shape index (κ3) is 6.27. The molecule has 0 spiro atoms. The van der Waals surface area contributed by atoms with Crippen LogP contribution < -0.4 is 10.1 Å². The van der Waals surface area contributed by atoms with Gasteiger partial charge in [0.2, 0.25) is 0 Å². The Kier molecular flexibility index (Phi) is 7.04. The van der Waals surface area contributed by atoms with Gasteiger partial charge in [-0.3, -0.25) is 0 Å². The van der Waals surface area contributed by atoms with Crippen LogP contribution in [0.1, 0.15) is 46.1 Å². The highest BCUT2D eigenvalue weighted by Crippen LogP contribution is 2.28. The van der Waals surface area contributed by atoms with E-state index in [0.717, 1.165) is 36.0 Å². The molecule has 114 valence electrons. The number of halogens is 1. The molecular formula is C17H28BrNO. The third-order valence-electron chi connectivity index (χ3n) is 3.25. The topological polar surface area (TPSA) is 21.3 Å². The maximum absolute atomic E-state index is 5.49. The number of hydrogen-bond donors (Lipinski definition) is 1. The molecule has 1 rings (SSSR count). The van der Waals surface area contributed by atoms with E-state index in [0.29, 0.717) is 11.5 Å². The number of benzene rings is 1. The van der Waals surface area contributed by atoms with E-state index in [2.05, 4.69) is 55.0 Å². The van der Waals surface area contributed by atoms with E-state index in [1.54, 1.807) is 7.11 Å². The number of rotatable bonds is 7. The Balaban J connectivity index is 2.85. The Labute approximate surface area is 132 Å². The number of methoxy groups -OCH3 is 1. The molecule has 0 bridgehead atoms. The van der Waals surface area contributed by atoms with Gasteiger partial charge >= 0.3 is 0 Å². The van der Waals surface area contributed by atoms with Crippen molar-refractivity contribution in [1.29, 1.82) is 0 Å². The van der Waals surface area contributed by atoms with Crippen molar-refractivity contribution < 1.29 is 4.74 Å². The average Bonchev–Trinajstić information content (AvgIpc) is 2.34. The smallest absolute Gasteiger partial charge is 0.122 e. The molecule has 3 heteroatoms. The van der Waals surface area contributed by atoms with E-state index in [1.807, 2.05) is 12.1 Å². The van der Waals surface area contributed by atoms with Crippen LogP contribution in [0.5, 0.6) is 5.75 Å². The van der Waals surface area contributed by atoms with Crippen LogP contribution in [-0.4, -0.2) is 19.7 Å². The van der Waals surface area contributed by atoms with Gasteiger partial charge in [-0.05, 0) is 55.0 Å². The third-order valence-corrected chi connectivity index (χ3v) is 3.74. The highest BCUT2D eigenvalue weighted by atomic mass is 79.9. The molecule has 1 aromatic rings. The Morgan fingerprint density at radius 1 is 1.30 bits per heavy atom. The first kappa shape index (κ1) is 17.5. The minimum Gasteiger partial charge on any atom is -0.496 e. The molecule has 0 heterocycles. The van der Waals surface area contributed by atoms with Crippen molar-refractivity contribution >= 4 is 15.9 Å². The second kappa shape index (κ2) is 8.04. The predicted octanol–water partition coefficient (Wildman–Crippen LogP) is 4.80. The van der Waals surface area contributed by atoms with Gasteiger partial charge in [-0.15, -0.1) is 0 Å². The lowest BCUT2D eigenvalue weighted by atomic mass is 9.85. The predicted molar refractivity (Wildman–Crippen MR) is 90.6 cm³/mol. The molecule has 0 aliphatic heterocycles. The molecular weight excluding hydrogens is 314 g/mol. The number of hydrogen-bond acceptors (Lipinski definition) is 2. The summed E-state index contributed by atoms with van der Waals surface area (Å²) in [5.74, 6) is 0.977. The van der Waals surface area contributed by atoms with Gasteiger partial charge in [0.05, 0.1) is 7.11 Å². The first-order valence-corrected chi connectivity index (χ1v) is 8.21. The van der Waals surface area contributed by atoms with Crippen molar-refractivity contribution in [2.75, 3.05) is 13.7 Å². The van der Waals surface area contributed by atoms with Gasteiger partial charge < -0.3 is 10.1 Å².